The van der Waals surface area contributed by atoms with Crippen LogP contribution < -0.4 is 0 Å². The number of hydrogen-bond donors (Lipinski definition) is 5. The predicted octanol–water partition coefficient (Wildman–Crippen LogP) is -0.417. The molecule has 0 aromatic carbocycles. The third-order valence-corrected chi connectivity index (χ3v) is 6.42. The van der Waals surface area contributed by atoms with Crippen molar-refractivity contribution in [3.8, 4) is 0 Å². The van der Waals surface area contributed by atoms with Crippen LogP contribution in [0.1, 0.15) is 12.2 Å². The number of aryl methyl sites for hydroxylation is 2. The van der Waals surface area contributed by atoms with Gasteiger partial charge in [0.1, 0.15) is 5.82 Å². The fourth-order valence-electron chi connectivity index (χ4n) is 1.37. The van der Waals surface area contributed by atoms with E-state index in [1.54, 1.807) is 6.92 Å². The van der Waals surface area contributed by atoms with Crippen molar-refractivity contribution in [2.75, 3.05) is 0 Å². The second kappa shape index (κ2) is 4.86. The van der Waals surface area contributed by atoms with Crippen LogP contribution in [0.4, 0.5) is 0 Å². The lowest BCUT2D eigenvalue weighted by atomic mass is 10.4. The SMILES string of the molecule is Cc1nccn1CCC(O)(P(=O)(O)O)P(=O)(O)O. The summed E-state index contributed by atoms with van der Waals surface area (Å²) in [5.41, 5.74) is 0. The molecule has 0 aliphatic carbocycles. The topological polar surface area (TPSA) is 153 Å². The van der Waals surface area contributed by atoms with E-state index in [-0.39, 0.29) is 6.54 Å². The highest BCUT2D eigenvalue weighted by molar-refractivity contribution is 7.72. The Morgan fingerprint density at radius 3 is 2.11 bits per heavy atom. The molecule has 0 radical (unpaired) electrons. The van der Waals surface area contributed by atoms with E-state index in [0.29, 0.717) is 5.82 Å². The van der Waals surface area contributed by atoms with E-state index >= 15 is 0 Å². The Balaban J connectivity index is 2.99. The van der Waals surface area contributed by atoms with Crippen LogP contribution in [-0.4, -0.2) is 39.3 Å². The molecule has 5 N–H and O–H groups in total. The molecular weight excluding hydrogens is 286 g/mol. The predicted molar refractivity (Wildman–Crippen MR) is 60.6 cm³/mol. The summed E-state index contributed by atoms with van der Waals surface area (Å²) in [5, 5.41) is 6.24. The van der Waals surface area contributed by atoms with Crippen molar-refractivity contribution in [1.29, 1.82) is 0 Å². The second-order valence-corrected chi connectivity index (χ2v) is 7.79. The number of nitrogens with zero attached hydrogens (tertiary/aromatic N) is 2. The largest absolute Gasteiger partial charge is 0.369 e. The molecule has 0 atom stereocenters. The van der Waals surface area contributed by atoms with Crippen LogP contribution in [0.2, 0.25) is 0 Å². The van der Waals surface area contributed by atoms with Crippen LogP contribution in [-0.2, 0) is 15.7 Å². The first-order valence-electron chi connectivity index (χ1n) is 4.80. The van der Waals surface area contributed by atoms with Gasteiger partial charge in [0.05, 0.1) is 0 Å². The van der Waals surface area contributed by atoms with Crippen molar-refractivity contribution in [3.63, 3.8) is 0 Å². The molecule has 0 saturated heterocycles. The van der Waals surface area contributed by atoms with Crippen molar-refractivity contribution in [2.24, 2.45) is 0 Å². The Kier molecular flexibility index (Phi) is 4.19. The summed E-state index contributed by atoms with van der Waals surface area (Å²) in [6.07, 6.45) is 2.09. The van der Waals surface area contributed by atoms with Crippen LogP contribution in [0, 0.1) is 6.92 Å². The van der Waals surface area contributed by atoms with E-state index in [0.717, 1.165) is 0 Å². The fourth-order valence-corrected chi connectivity index (χ4v) is 3.51. The Hall–Kier alpha value is -0.530. The number of imidazole rings is 1. The quantitative estimate of drug-likeness (QED) is 0.460. The molecule has 0 aliphatic heterocycles. The zero-order valence-corrected chi connectivity index (χ0v) is 11.2. The molecular formula is C7H14N2O7P2. The molecule has 0 bridgehead atoms. The molecule has 0 aliphatic rings. The molecule has 1 aromatic heterocycles. The standard InChI is InChI=1S/C7H14N2O7P2/c1-6-8-3-5-9(6)4-2-7(10,17(11,12)13)18(14,15)16/h3,5,10H,2,4H2,1H3,(H2,11,12,13)(H2,14,15,16). The summed E-state index contributed by atoms with van der Waals surface area (Å²) in [6.45, 7) is 1.42. The molecule has 1 rings (SSSR count). The van der Waals surface area contributed by atoms with E-state index in [2.05, 4.69) is 4.98 Å². The smallest absolute Gasteiger partial charge is 0.367 e. The van der Waals surface area contributed by atoms with E-state index < -0.39 is 26.7 Å². The van der Waals surface area contributed by atoms with E-state index in [9.17, 15) is 14.2 Å². The second-order valence-electron chi connectivity index (χ2n) is 3.78. The lowest BCUT2D eigenvalue weighted by Crippen LogP contribution is -2.30. The summed E-state index contributed by atoms with van der Waals surface area (Å²) in [4.78, 5) is 39.5. The molecule has 11 heteroatoms. The van der Waals surface area contributed by atoms with Crippen molar-refractivity contribution in [3.05, 3.63) is 18.2 Å². The third kappa shape index (κ3) is 2.89. The van der Waals surface area contributed by atoms with Crippen LogP contribution in [0.3, 0.4) is 0 Å². The van der Waals surface area contributed by atoms with Crippen LogP contribution in [0.5, 0.6) is 0 Å². The molecule has 0 spiro atoms. The van der Waals surface area contributed by atoms with Gasteiger partial charge in [-0.05, 0) is 6.92 Å². The lowest BCUT2D eigenvalue weighted by molar-refractivity contribution is 0.118. The summed E-state index contributed by atoms with van der Waals surface area (Å²) in [5.74, 6) is 0.494. The molecule has 9 nitrogen and oxygen atoms in total. The molecule has 1 heterocycles. The first kappa shape index (κ1) is 15.5. The molecule has 0 unspecified atom stereocenters. The Morgan fingerprint density at radius 2 is 1.78 bits per heavy atom. The van der Waals surface area contributed by atoms with E-state index in [1.165, 1.54) is 17.0 Å². The number of aromatic nitrogens is 2. The first-order chi connectivity index (χ1) is 7.99. The monoisotopic (exact) mass is 300 g/mol. The first-order valence-corrected chi connectivity index (χ1v) is 8.03. The molecule has 0 fully saturated rings. The summed E-state index contributed by atoms with van der Waals surface area (Å²) in [7, 11) is -10.8. The zero-order valence-electron chi connectivity index (χ0n) is 9.41. The van der Waals surface area contributed by atoms with Gasteiger partial charge < -0.3 is 29.2 Å². The Bertz CT molecular complexity index is 494. The van der Waals surface area contributed by atoms with Crippen molar-refractivity contribution in [1.82, 2.24) is 9.55 Å². The average molecular weight is 300 g/mol. The maximum Gasteiger partial charge on any atom is 0.369 e. The van der Waals surface area contributed by atoms with Gasteiger partial charge in [0.15, 0.2) is 0 Å². The highest BCUT2D eigenvalue weighted by Crippen LogP contribution is 2.69. The van der Waals surface area contributed by atoms with Crippen LogP contribution in [0.25, 0.3) is 0 Å². The van der Waals surface area contributed by atoms with Gasteiger partial charge in [-0.1, -0.05) is 0 Å². The van der Waals surface area contributed by atoms with Gasteiger partial charge in [0.2, 0.25) is 0 Å². The van der Waals surface area contributed by atoms with Crippen molar-refractivity contribution < 1.29 is 33.8 Å². The number of aliphatic hydroxyl groups is 1. The highest BCUT2D eigenvalue weighted by atomic mass is 31.2. The van der Waals surface area contributed by atoms with Gasteiger partial charge in [-0.25, -0.2) is 4.98 Å². The molecule has 0 amide bonds. The van der Waals surface area contributed by atoms with Crippen LogP contribution in [0.15, 0.2) is 12.4 Å². The molecule has 104 valence electrons. The summed E-state index contributed by atoms with van der Waals surface area (Å²) in [6, 6.07) is 0. The number of hydrogen-bond acceptors (Lipinski definition) is 4. The zero-order chi connectivity index (χ0) is 14.2. The van der Waals surface area contributed by atoms with Crippen molar-refractivity contribution >= 4 is 15.2 Å². The third-order valence-electron chi connectivity index (χ3n) is 2.54. The normalized spacial score (nSPS) is 13.9. The van der Waals surface area contributed by atoms with Gasteiger partial charge in [0.25, 0.3) is 5.08 Å². The molecule has 18 heavy (non-hydrogen) atoms. The summed E-state index contributed by atoms with van der Waals surface area (Å²) >= 11 is 0. The van der Waals surface area contributed by atoms with Crippen LogP contribution >= 0.6 is 15.2 Å². The lowest BCUT2D eigenvalue weighted by Gasteiger charge is -2.29. The minimum Gasteiger partial charge on any atom is -0.367 e. The minimum absolute atomic E-state index is 0.182. The minimum atomic E-state index is -5.38. The van der Waals surface area contributed by atoms with Gasteiger partial charge in [-0.15, -0.1) is 0 Å². The van der Waals surface area contributed by atoms with Gasteiger partial charge >= 0.3 is 15.2 Å². The van der Waals surface area contributed by atoms with Crippen molar-refractivity contribution in [2.45, 2.75) is 25.0 Å². The summed E-state index contributed by atoms with van der Waals surface area (Å²) < 4.78 is 23.6. The van der Waals surface area contributed by atoms with Gasteiger partial charge in [-0.3, -0.25) is 9.13 Å². The highest BCUT2D eigenvalue weighted by Gasteiger charge is 2.58. The number of rotatable bonds is 5. The average Bonchev–Trinajstić information content (AvgIpc) is 2.57. The maximum atomic E-state index is 11.1. The van der Waals surface area contributed by atoms with Gasteiger partial charge in [0, 0.05) is 25.4 Å². The molecule has 1 aromatic rings. The Morgan fingerprint density at radius 1 is 1.28 bits per heavy atom. The Labute approximate surface area is 102 Å². The van der Waals surface area contributed by atoms with E-state index in [4.69, 9.17) is 19.6 Å². The van der Waals surface area contributed by atoms with E-state index in [1.807, 2.05) is 0 Å². The maximum absolute atomic E-state index is 11.1. The molecule has 0 saturated carbocycles. The van der Waals surface area contributed by atoms with Gasteiger partial charge in [-0.2, -0.15) is 0 Å². The fraction of sp³-hybridized carbons (Fsp3) is 0.571.